The number of aryl methyl sites for hydroxylation is 2. The summed E-state index contributed by atoms with van der Waals surface area (Å²) in [6.07, 6.45) is 4.42. The monoisotopic (exact) mass is 356 g/mol. The number of furan rings is 1. The molecule has 0 fully saturated rings. The van der Waals surface area contributed by atoms with Crippen molar-refractivity contribution in [2.45, 2.75) is 25.8 Å². The second kappa shape index (κ2) is 6.99. The lowest BCUT2D eigenvalue weighted by Crippen LogP contribution is -2.38. The molecule has 0 spiro atoms. The van der Waals surface area contributed by atoms with Crippen LogP contribution >= 0.6 is 0 Å². The van der Waals surface area contributed by atoms with Gasteiger partial charge in [0.2, 0.25) is 0 Å². The van der Waals surface area contributed by atoms with Crippen molar-refractivity contribution in [2.75, 3.05) is 0 Å². The molecule has 1 atom stereocenters. The zero-order valence-electron chi connectivity index (χ0n) is 14.9. The number of nitrogens with zero attached hydrogens (tertiary/aromatic N) is 3. The van der Waals surface area contributed by atoms with Crippen molar-refractivity contribution >= 4 is 16.9 Å². The van der Waals surface area contributed by atoms with E-state index in [0.29, 0.717) is 6.42 Å². The Kier molecular flexibility index (Phi) is 4.75. The Hall–Kier alpha value is -3.16. The summed E-state index contributed by atoms with van der Waals surface area (Å²) in [5, 5.41) is 3.11. The summed E-state index contributed by atoms with van der Waals surface area (Å²) in [4.78, 5) is 40.8. The van der Waals surface area contributed by atoms with Crippen molar-refractivity contribution in [3.05, 3.63) is 62.8 Å². The highest BCUT2D eigenvalue weighted by Crippen LogP contribution is 2.09. The second-order valence-corrected chi connectivity index (χ2v) is 6.29. The molecule has 3 aromatic heterocycles. The Morgan fingerprint density at radius 3 is 2.77 bits per heavy atom. The second-order valence-electron chi connectivity index (χ2n) is 6.29. The molecule has 8 nitrogen and oxygen atoms in total. The maximum absolute atomic E-state index is 12.5. The lowest BCUT2D eigenvalue weighted by Gasteiger charge is -2.13. The fourth-order valence-corrected chi connectivity index (χ4v) is 2.78. The van der Waals surface area contributed by atoms with Crippen LogP contribution in [0, 0.1) is 0 Å². The molecule has 3 aromatic rings. The number of amides is 1. The van der Waals surface area contributed by atoms with E-state index in [0.717, 1.165) is 16.7 Å². The summed E-state index contributed by atoms with van der Waals surface area (Å²) in [6.45, 7) is 1.90. The number of hydrogen-bond donors (Lipinski definition) is 1. The number of nitrogens with one attached hydrogen (secondary N) is 1. The van der Waals surface area contributed by atoms with Gasteiger partial charge in [0.05, 0.1) is 17.2 Å². The van der Waals surface area contributed by atoms with Gasteiger partial charge in [-0.05, 0) is 31.5 Å². The molecule has 0 radical (unpaired) electrons. The van der Waals surface area contributed by atoms with Crippen molar-refractivity contribution in [2.24, 2.45) is 14.1 Å². The molecule has 0 aliphatic carbocycles. The van der Waals surface area contributed by atoms with Gasteiger partial charge in [-0.3, -0.25) is 18.7 Å². The maximum Gasteiger partial charge on any atom is 0.332 e. The van der Waals surface area contributed by atoms with Gasteiger partial charge in [-0.25, -0.2) is 9.78 Å². The highest BCUT2D eigenvalue weighted by atomic mass is 16.3. The van der Waals surface area contributed by atoms with E-state index in [9.17, 15) is 14.4 Å². The number of pyridine rings is 1. The molecule has 0 saturated heterocycles. The number of hydrogen-bond acceptors (Lipinski definition) is 5. The van der Waals surface area contributed by atoms with Crippen molar-refractivity contribution < 1.29 is 9.21 Å². The number of fused-ring (bicyclic) bond motifs is 1. The summed E-state index contributed by atoms with van der Waals surface area (Å²) >= 11 is 0. The van der Waals surface area contributed by atoms with Crippen molar-refractivity contribution in [3.63, 3.8) is 0 Å². The Balaban J connectivity index is 1.80. The SMILES string of the molecule is CC(CCc1ccco1)NC(=O)c1cnc2c(c1)c(=O)n(C)c(=O)n2C. The summed E-state index contributed by atoms with van der Waals surface area (Å²) in [7, 11) is 2.93. The van der Waals surface area contributed by atoms with Crippen LogP contribution in [0.5, 0.6) is 0 Å². The van der Waals surface area contributed by atoms with Gasteiger partial charge in [-0.2, -0.15) is 0 Å². The van der Waals surface area contributed by atoms with E-state index >= 15 is 0 Å². The Morgan fingerprint density at radius 1 is 1.31 bits per heavy atom. The largest absolute Gasteiger partial charge is 0.469 e. The number of carbonyl (C=O) groups is 1. The molecule has 1 unspecified atom stereocenters. The molecule has 26 heavy (non-hydrogen) atoms. The third-order valence-corrected chi connectivity index (χ3v) is 4.34. The highest BCUT2D eigenvalue weighted by molar-refractivity contribution is 5.96. The first-order valence-electron chi connectivity index (χ1n) is 8.27. The number of rotatable bonds is 5. The van der Waals surface area contributed by atoms with Gasteiger partial charge in [-0.1, -0.05) is 0 Å². The van der Waals surface area contributed by atoms with E-state index in [1.54, 1.807) is 6.26 Å². The quantitative estimate of drug-likeness (QED) is 0.735. The minimum absolute atomic E-state index is 0.0775. The molecule has 3 rings (SSSR count). The van der Waals surface area contributed by atoms with Crippen molar-refractivity contribution in [1.82, 2.24) is 19.4 Å². The molecule has 0 saturated carbocycles. The zero-order valence-corrected chi connectivity index (χ0v) is 14.9. The van der Waals surface area contributed by atoms with Gasteiger partial charge in [0.15, 0.2) is 0 Å². The first-order valence-corrected chi connectivity index (χ1v) is 8.27. The van der Waals surface area contributed by atoms with E-state index in [1.807, 2.05) is 19.1 Å². The zero-order chi connectivity index (χ0) is 18.8. The van der Waals surface area contributed by atoms with E-state index < -0.39 is 11.2 Å². The molecule has 0 aliphatic rings. The Labute approximate surface area is 149 Å². The molecular weight excluding hydrogens is 336 g/mol. The van der Waals surface area contributed by atoms with Crippen LogP contribution in [0.1, 0.15) is 29.5 Å². The van der Waals surface area contributed by atoms with Gasteiger partial charge < -0.3 is 9.73 Å². The molecule has 3 heterocycles. The third kappa shape index (κ3) is 3.30. The predicted octanol–water partition coefficient (Wildman–Crippen LogP) is 0.976. The number of aromatic nitrogens is 3. The van der Waals surface area contributed by atoms with Crippen LogP contribution in [0.25, 0.3) is 11.0 Å². The van der Waals surface area contributed by atoms with E-state index in [4.69, 9.17) is 4.42 Å². The Bertz CT molecular complexity index is 1060. The highest BCUT2D eigenvalue weighted by Gasteiger charge is 2.15. The predicted molar refractivity (Wildman–Crippen MR) is 96.2 cm³/mol. The summed E-state index contributed by atoms with van der Waals surface area (Å²) in [6, 6.07) is 5.11. The topological polar surface area (TPSA) is 99.1 Å². The normalized spacial score (nSPS) is 12.3. The average Bonchev–Trinajstić information content (AvgIpc) is 3.16. The third-order valence-electron chi connectivity index (χ3n) is 4.34. The molecule has 1 amide bonds. The Morgan fingerprint density at radius 2 is 2.08 bits per heavy atom. The smallest absolute Gasteiger partial charge is 0.332 e. The number of carbonyl (C=O) groups excluding carboxylic acids is 1. The van der Waals surface area contributed by atoms with Gasteiger partial charge >= 0.3 is 5.69 Å². The molecule has 0 bridgehead atoms. The fraction of sp³-hybridized carbons (Fsp3) is 0.333. The molecule has 8 heteroatoms. The van der Waals surface area contributed by atoms with Crippen LogP contribution in [0.2, 0.25) is 0 Å². The molecule has 0 aromatic carbocycles. The molecule has 1 N–H and O–H groups in total. The first-order chi connectivity index (χ1) is 12.4. The maximum atomic E-state index is 12.5. The lowest BCUT2D eigenvalue weighted by atomic mass is 10.1. The van der Waals surface area contributed by atoms with Crippen LogP contribution in [0.15, 0.2) is 44.7 Å². The summed E-state index contributed by atoms with van der Waals surface area (Å²) in [5.41, 5.74) is -0.409. The van der Waals surface area contributed by atoms with Gasteiger partial charge in [0, 0.05) is 32.8 Å². The van der Waals surface area contributed by atoms with E-state index in [1.165, 1.54) is 30.9 Å². The van der Waals surface area contributed by atoms with E-state index in [-0.39, 0.29) is 28.5 Å². The molecular formula is C18H20N4O4. The van der Waals surface area contributed by atoms with Crippen molar-refractivity contribution in [3.8, 4) is 0 Å². The van der Waals surface area contributed by atoms with Crippen LogP contribution < -0.4 is 16.6 Å². The van der Waals surface area contributed by atoms with Crippen LogP contribution in [-0.2, 0) is 20.5 Å². The molecule has 0 aliphatic heterocycles. The fourth-order valence-electron chi connectivity index (χ4n) is 2.78. The van der Waals surface area contributed by atoms with Crippen molar-refractivity contribution in [1.29, 1.82) is 0 Å². The summed E-state index contributed by atoms with van der Waals surface area (Å²) in [5.74, 6) is 0.546. The summed E-state index contributed by atoms with van der Waals surface area (Å²) < 4.78 is 7.56. The van der Waals surface area contributed by atoms with Gasteiger partial charge in [-0.15, -0.1) is 0 Å². The van der Waals surface area contributed by atoms with Crippen LogP contribution in [-0.4, -0.2) is 26.1 Å². The molecule has 136 valence electrons. The van der Waals surface area contributed by atoms with Gasteiger partial charge in [0.25, 0.3) is 11.5 Å². The first kappa shape index (κ1) is 17.7. The van der Waals surface area contributed by atoms with Crippen LogP contribution in [0.3, 0.4) is 0 Å². The lowest BCUT2D eigenvalue weighted by molar-refractivity contribution is 0.0938. The minimum Gasteiger partial charge on any atom is -0.469 e. The van der Waals surface area contributed by atoms with Crippen LogP contribution in [0.4, 0.5) is 0 Å². The van der Waals surface area contributed by atoms with Gasteiger partial charge in [0.1, 0.15) is 11.4 Å². The standard InChI is InChI=1S/C18H20N4O4/c1-11(6-7-13-5-4-8-26-13)20-16(23)12-9-14-15(19-10-12)21(2)18(25)22(3)17(14)24/h4-5,8-11H,6-7H2,1-3H3,(H,20,23). The average molecular weight is 356 g/mol. The van der Waals surface area contributed by atoms with E-state index in [2.05, 4.69) is 10.3 Å². The minimum atomic E-state index is -0.476.